The van der Waals surface area contributed by atoms with E-state index in [2.05, 4.69) is 5.32 Å². The molecular formula is C25H33Cl2N3O5S. The van der Waals surface area contributed by atoms with Crippen molar-refractivity contribution in [2.45, 2.75) is 46.2 Å². The van der Waals surface area contributed by atoms with Gasteiger partial charge in [-0.25, -0.2) is 8.42 Å². The van der Waals surface area contributed by atoms with Crippen molar-refractivity contribution >= 4 is 50.7 Å². The van der Waals surface area contributed by atoms with Gasteiger partial charge in [0.05, 0.1) is 18.6 Å². The zero-order chi connectivity index (χ0) is 26.9. The second kappa shape index (κ2) is 13.7. The Hall–Kier alpha value is -2.49. The SMILES string of the molecule is CCCCNC(=O)[C@H](C)N(Cc1ccc(Cl)cc1Cl)C(=O)CN(c1ccc(OCC)cc1)S(C)(=O)=O. The minimum atomic E-state index is -3.82. The summed E-state index contributed by atoms with van der Waals surface area (Å²) >= 11 is 12.3. The first-order valence-corrected chi connectivity index (χ1v) is 14.3. The van der Waals surface area contributed by atoms with Gasteiger partial charge >= 0.3 is 0 Å². The largest absolute Gasteiger partial charge is 0.494 e. The lowest BCUT2D eigenvalue weighted by Gasteiger charge is -2.31. The van der Waals surface area contributed by atoms with Crippen LogP contribution in [0.15, 0.2) is 42.5 Å². The summed E-state index contributed by atoms with van der Waals surface area (Å²) in [5.41, 5.74) is 0.883. The smallest absolute Gasteiger partial charge is 0.244 e. The van der Waals surface area contributed by atoms with Crippen molar-refractivity contribution in [3.05, 3.63) is 58.1 Å². The van der Waals surface area contributed by atoms with Gasteiger partial charge in [-0.05, 0) is 62.2 Å². The predicted octanol–water partition coefficient (Wildman–Crippen LogP) is 4.49. The van der Waals surface area contributed by atoms with Crippen molar-refractivity contribution in [1.29, 1.82) is 0 Å². The van der Waals surface area contributed by atoms with E-state index in [0.29, 0.717) is 40.2 Å². The Morgan fingerprint density at radius 1 is 1.08 bits per heavy atom. The normalized spacial score (nSPS) is 12.1. The van der Waals surface area contributed by atoms with Gasteiger partial charge in [-0.2, -0.15) is 0 Å². The predicted molar refractivity (Wildman–Crippen MR) is 144 cm³/mol. The van der Waals surface area contributed by atoms with Crippen LogP contribution in [0.25, 0.3) is 0 Å². The maximum absolute atomic E-state index is 13.5. The minimum Gasteiger partial charge on any atom is -0.494 e. The molecule has 2 amide bonds. The summed E-state index contributed by atoms with van der Waals surface area (Å²) in [6, 6.07) is 10.4. The topological polar surface area (TPSA) is 96.0 Å². The average Bonchev–Trinajstić information content (AvgIpc) is 2.81. The number of anilines is 1. The molecular weight excluding hydrogens is 525 g/mol. The highest BCUT2D eigenvalue weighted by Crippen LogP contribution is 2.25. The van der Waals surface area contributed by atoms with E-state index in [0.717, 1.165) is 23.4 Å². The molecule has 0 bridgehead atoms. The molecule has 8 nitrogen and oxygen atoms in total. The number of carbonyl (C=O) groups excluding carboxylic acids is 2. The molecule has 0 heterocycles. The van der Waals surface area contributed by atoms with Crippen molar-refractivity contribution in [3.8, 4) is 5.75 Å². The number of ether oxygens (including phenoxy) is 1. The molecule has 0 aliphatic carbocycles. The van der Waals surface area contributed by atoms with Gasteiger partial charge in [-0.1, -0.05) is 42.6 Å². The van der Waals surface area contributed by atoms with Crippen LogP contribution >= 0.6 is 23.2 Å². The summed E-state index contributed by atoms with van der Waals surface area (Å²) in [4.78, 5) is 27.7. The molecule has 0 aliphatic rings. The van der Waals surface area contributed by atoms with E-state index in [1.807, 2.05) is 13.8 Å². The first kappa shape index (κ1) is 29.7. The molecule has 1 atom stereocenters. The lowest BCUT2D eigenvalue weighted by Crippen LogP contribution is -2.51. The van der Waals surface area contributed by atoms with Crippen molar-refractivity contribution in [1.82, 2.24) is 10.2 Å². The highest BCUT2D eigenvalue weighted by atomic mass is 35.5. The first-order valence-electron chi connectivity index (χ1n) is 11.7. The molecule has 0 saturated carbocycles. The molecule has 2 aromatic rings. The van der Waals surface area contributed by atoms with Crippen LogP contribution in [0.3, 0.4) is 0 Å². The molecule has 0 fully saturated rings. The Bertz CT molecular complexity index is 1140. The van der Waals surface area contributed by atoms with Gasteiger partial charge in [-0.3, -0.25) is 13.9 Å². The van der Waals surface area contributed by atoms with Gasteiger partial charge in [0.15, 0.2) is 0 Å². The fraction of sp³-hybridized carbons (Fsp3) is 0.440. The molecule has 198 valence electrons. The van der Waals surface area contributed by atoms with Crippen molar-refractivity contribution in [2.24, 2.45) is 0 Å². The number of nitrogens with zero attached hydrogens (tertiary/aromatic N) is 2. The van der Waals surface area contributed by atoms with E-state index in [9.17, 15) is 18.0 Å². The molecule has 0 radical (unpaired) electrons. The molecule has 11 heteroatoms. The van der Waals surface area contributed by atoms with Gasteiger partial charge in [0, 0.05) is 23.1 Å². The summed E-state index contributed by atoms with van der Waals surface area (Å²) in [5.74, 6) is -0.315. The Balaban J connectivity index is 2.37. The van der Waals surface area contributed by atoms with E-state index in [-0.39, 0.29) is 12.5 Å². The third-order valence-corrected chi connectivity index (χ3v) is 7.20. The summed E-state index contributed by atoms with van der Waals surface area (Å²) in [7, 11) is -3.82. The van der Waals surface area contributed by atoms with Gasteiger partial charge < -0.3 is 15.0 Å². The zero-order valence-electron chi connectivity index (χ0n) is 21.0. The Morgan fingerprint density at radius 3 is 2.31 bits per heavy atom. The number of hydrogen-bond donors (Lipinski definition) is 1. The fourth-order valence-electron chi connectivity index (χ4n) is 3.44. The lowest BCUT2D eigenvalue weighted by molar-refractivity contribution is -0.139. The summed E-state index contributed by atoms with van der Waals surface area (Å²) < 4.78 is 31.7. The van der Waals surface area contributed by atoms with Crippen LogP contribution in [-0.2, 0) is 26.2 Å². The molecule has 2 aromatic carbocycles. The number of carbonyl (C=O) groups is 2. The number of halogens is 2. The monoisotopic (exact) mass is 557 g/mol. The number of rotatable bonds is 13. The van der Waals surface area contributed by atoms with Gasteiger partial charge in [0.2, 0.25) is 21.8 Å². The fourth-order valence-corrected chi connectivity index (χ4v) is 4.76. The summed E-state index contributed by atoms with van der Waals surface area (Å²) in [6.07, 6.45) is 2.73. The highest BCUT2D eigenvalue weighted by Gasteiger charge is 2.30. The number of unbranched alkanes of at least 4 members (excludes halogenated alkanes) is 1. The third-order valence-electron chi connectivity index (χ3n) is 5.47. The molecule has 0 saturated heterocycles. The van der Waals surface area contributed by atoms with E-state index in [4.69, 9.17) is 27.9 Å². The average molecular weight is 559 g/mol. The Morgan fingerprint density at radius 2 is 1.75 bits per heavy atom. The molecule has 1 N–H and O–H groups in total. The highest BCUT2D eigenvalue weighted by molar-refractivity contribution is 7.92. The van der Waals surface area contributed by atoms with Crippen LogP contribution in [-0.4, -0.2) is 57.1 Å². The first-order chi connectivity index (χ1) is 17.0. The zero-order valence-corrected chi connectivity index (χ0v) is 23.3. The van der Waals surface area contributed by atoms with Crippen LogP contribution in [0.5, 0.6) is 5.75 Å². The Kier molecular flexibility index (Phi) is 11.3. The Labute approximate surface area is 223 Å². The van der Waals surface area contributed by atoms with Crippen LogP contribution in [0.1, 0.15) is 39.2 Å². The van der Waals surface area contributed by atoms with Crippen molar-refractivity contribution < 1.29 is 22.7 Å². The number of benzene rings is 2. The van der Waals surface area contributed by atoms with Crippen LogP contribution in [0.4, 0.5) is 5.69 Å². The minimum absolute atomic E-state index is 0.00191. The second-order valence-electron chi connectivity index (χ2n) is 8.27. The van der Waals surface area contributed by atoms with Crippen molar-refractivity contribution in [3.63, 3.8) is 0 Å². The quantitative estimate of drug-likeness (QED) is 0.366. The molecule has 0 aliphatic heterocycles. The molecule has 36 heavy (non-hydrogen) atoms. The second-order valence-corrected chi connectivity index (χ2v) is 11.0. The van der Waals surface area contributed by atoms with E-state index in [1.165, 1.54) is 4.90 Å². The van der Waals surface area contributed by atoms with E-state index in [1.54, 1.807) is 49.4 Å². The summed E-state index contributed by atoms with van der Waals surface area (Å²) in [5, 5.41) is 3.60. The van der Waals surface area contributed by atoms with Crippen LogP contribution < -0.4 is 14.4 Å². The van der Waals surface area contributed by atoms with E-state index < -0.39 is 28.5 Å². The van der Waals surface area contributed by atoms with Crippen LogP contribution in [0.2, 0.25) is 10.0 Å². The van der Waals surface area contributed by atoms with Crippen molar-refractivity contribution in [2.75, 3.05) is 30.3 Å². The van der Waals surface area contributed by atoms with Gasteiger partial charge in [0.1, 0.15) is 18.3 Å². The standard InChI is InChI=1S/C25H33Cl2N3O5S/c1-5-7-14-28-25(32)18(3)29(16-19-8-9-20(26)15-23(19)27)24(31)17-30(36(4,33)34)21-10-12-22(13-11-21)35-6-2/h8-13,15,18H,5-7,14,16-17H2,1-4H3,(H,28,32)/t18-/m0/s1. The van der Waals surface area contributed by atoms with Gasteiger partial charge in [-0.15, -0.1) is 0 Å². The lowest BCUT2D eigenvalue weighted by atomic mass is 10.1. The number of sulfonamides is 1. The summed E-state index contributed by atoms with van der Waals surface area (Å²) in [6.45, 7) is 5.90. The third kappa shape index (κ3) is 8.57. The number of nitrogens with one attached hydrogen (secondary N) is 1. The van der Waals surface area contributed by atoms with E-state index >= 15 is 0 Å². The number of hydrogen-bond acceptors (Lipinski definition) is 5. The maximum Gasteiger partial charge on any atom is 0.244 e. The van der Waals surface area contributed by atoms with Crippen LogP contribution in [0, 0.1) is 0 Å². The maximum atomic E-state index is 13.5. The molecule has 0 spiro atoms. The molecule has 0 unspecified atom stereocenters. The molecule has 0 aromatic heterocycles. The van der Waals surface area contributed by atoms with Gasteiger partial charge in [0.25, 0.3) is 0 Å². The molecule has 2 rings (SSSR count). The number of amides is 2.